The Labute approximate surface area is 124 Å². The first-order valence-electron chi connectivity index (χ1n) is 6.66. The van der Waals surface area contributed by atoms with Crippen LogP contribution in [0.15, 0.2) is 12.1 Å². The lowest BCUT2D eigenvalue weighted by molar-refractivity contribution is 0.146. The Morgan fingerprint density at radius 2 is 2.15 bits per heavy atom. The first kappa shape index (κ1) is 15.4. The Bertz CT molecular complexity index is 456. The number of halogens is 1. The molecule has 2 unspecified atom stereocenters. The second kappa shape index (κ2) is 7.13. The Kier molecular flexibility index (Phi) is 5.48. The van der Waals surface area contributed by atoms with Crippen LogP contribution >= 0.6 is 11.6 Å². The molecule has 1 aromatic carbocycles. The van der Waals surface area contributed by atoms with Crippen molar-refractivity contribution in [1.82, 2.24) is 10.6 Å². The van der Waals surface area contributed by atoms with Crippen LogP contribution in [0.1, 0.15) is 5.56 Å². The highest BCUT2D eigenvalue weighted by Crippen LogP contribution is 2.37. The van der Waals surface area contributed by atoms with Gasteiger partial charge in [-0.3, -0.25) is 0 Å². The van der Waals surface area contributed by atoms with Gasteiger partial charge >= 0.3 is 0 Å². The van der Waals surface area contributed by atoms with Gasteiger partial charge in [0.15, 0.2) is 11.5 Å². The minimum Gasteiger partial charge on any atom is -0.493 e. The van der Waals surface area contributed by atoms with Crippen LogP contribution in [0.3, 0.4) is 0 Å². The number of hydrogen-bond acceptors (Lipinski definition) is 5. The van der Waals surface area contributed by atoms with Crippen LogP contribution in [-0.4, -0.2) is 45.1 Å². The fourth-order valence-corrected chi connectivity index (χ4v) is 2.69. The van der Waals surface area contributed by atoms with E-state index in [1.54, 1.807) is 14.2 Å². The molecule has 1 aromatic rings. The van der Waals surface area contributed by atoms with Crippen molar-refractivity contribution in [3.63, 3.8) is 0 Å². The van der Waals surface area contributed by atoms with Crippen LogP contribution < -0.4 is 20.1 Å². The van der Waals surface area contributed by atoms with Crippen molar-refractivity contribution in [1.29, 1.82) is 0 Å². The Balaban J connectivity index is 1.96. The second-order valence-electron chi connectivity index (χ2n) is 4.89. The van der Waals surface area contributed by atoms with Gasteiger partial charge in [0.05, 0.1) is 25.3 Å². The highest BCUT2D eigenvalue weighted by molar-refractivity contribution is 6.33. The fourth-order valence-electron chi connectivity index (χ4n) is 2.39. The summed E-state index contributed by atoms with van der Waals surface area (Å²) >= 11 is 6.31. The number of benzene rings is 1. The van der Waals surface area contributed by atoms with Crippen molar-refractivity contribution in [2.75, 3.05) is 33.9 Å². The highest BCUT2D eigenvalue weighted by atomic mass is 35.5. The molecular weight excluding hydrogens is 280 g/mol. The minimum absolute atomic E-state index is 0.244. The molecule has 1 aliphatic heterocycles. The number of methoxy groups -OCH3 is 2. The predicted molar refractivity (Wildman–Crippen MR) is 78.6 cm³/mol. The first-order chi connectivity index (χ1) is 9.67. The third-order valence-electron chi connectivity index (χ3n) is 3.59. The molecule has 0 spiro atoms. The number of hydrogen-bond donors (Lipinski definition) is 3. The Morgan fingerprint density at radius 3 is 2.75 bits per heavy atom. The van der Waals surface area contributed by atoms with E-state index in [4.69, 9.17) is 21.1 Å². The van der Waals surface area contributed by atoms with E-state index in [9.17, 15) is 5.11 Å². The van der Waals surface area contributed by atoms with Gasteiger partial charge in [-0.2, -0.15) is 0 Å². The number of aliphatic hydroxyl groups excluding tert-OH is 1. The van der Waals surface area contributed by atoms with E-state index in [1.807, 2.05) is 12.1 Å². The lowest BCUT2D eigenvalue weighted by atomic mass is 10.1. The summed E-state index contributed by atoms with van der Waals surface area (Å²) in [5.74, 6) is 1.42. The molecule has 20 heavy (non-hydrogen) atoms. The average molecular weight is 301 g/mol. The van der Waals surface area contributed by atoms with Crippen LogP contribution in [0.25, 0.3) is 0 Å². The van der Waals surface area contributed by atoms with Crippen molar-refractivity contribution in [3.05, 3.63) is 22.7 Å². The summed E-state index contributed by atoms with van der Waals surface area (Å²) in [7, 11) is 3.15. The molecule has 1 fully saturated rings. The predicted octanol–water partition coefficient (Wildman–Crippen LogP) is 1.03. The maximum absolute atomic E-state index is 9.73. The quantitative estimate of drug-likeness (QED) is 0.732. The number of rotatable bonds is 6. The lowest BCUT2D eigenvalue weighted by Gasteiger charge is -2.16. The van der Waals surface area contributed by atoms with Crippen LogP contribution in [0.2, 0.25) is 5.02 Å². The van der Waals surface area contributed by atoms with E-state index in [2.05, 4.69) is 10.6 Å². The molecule has 2 rings (SSSR count). The summed E-state index contributed by atoms with van der Waals surface area (Å²) in [5.41, 5.74) is 0.949. The van der Waals surface area contributed by atoms with E-state index in [1.165, 1.54) is 0 Å². The number of nitrogens with one attached hydrogen (secondary N) is 2. The fraction of sp³-hybridized carbons (Fsp3) is 0.571. The summed E-state index contributed by atoms with van der Waals surface area (Å²) in [6.45, 7) is 2.89. The highest BCUT2D eigenvalue weighted by Gasteiger charge is 2.24. The van der Waals surface area contributed by atoms with Crippen molar-refractivity contribution in [2.24, 2.45) is 5.92 Å². The molecule has 2 atom stereocenters. The topological polar surface area (TPSA) is 62.8 Å². The molecule has 1 aliphatic rings. The summed E-state index contributed by atoms with van der Waals surface area (Å²) in [5, 5.41) is 16.8. The SMILES string of the molecule is COc1ccc(CNCC2CNCC2O)c(Cl)c1OC. The van der Waals surface area contributed by atoms with Gasteiger partial charge in [-0.1, -0.05) is 17.7 Å². The molecule has 0 bridgehead atoms. The van der Waals surface area contributed by atoms with Gasteiger partial charge < -0.3 is 25.2 Å². The van der Waals surface area contributed by atoms with Gasteiger partial charge in [-0.05, 0) is 11.6 Å². The number of aliphatic hydroxyl groups is 1. The Morgan fingerprint density at radius 1 is 1.35 bits per heavy atom. The minimum atomic E-state index is -0.275. The molecule has 5 nitrogen and oxygen atoms in total. The van der Waals surface area contributed by atoms with Gasteiger partial charge in [0.2, 0.25) is 0 Å². The summed E-state index contributed by atoms with van der Waals surface area (Å²) in [6.07, 6.45) is -0.275. The molecule has 0 radical (unpaired) electrons. The van der Waals surface area contributed by atoms with Crippen LogP contribution in [-0.2, 0) is 6.54 Å². The zero-order valence-corrected chi connectivity index (χ0v) is 12.5. The summed E-state index contributed by atoms with van der Waals surface area (Å²) < 4.78 is 10.5. The van der Waals surface area contributed by atoms with Crippen molar-refractivity contribution >= 4 is 11.6 Å². The van der Waals surface area contributed by atoms with Gasteiger partial charge in [0, 0.05) is 32.1 Å². The standard InChI is InChI=1S/C14H21ClN2O3/c1-19-12-4-3-9(13(15)14(12)20-2)5-16-6-10-7-17-8-11(10)18/h3-4,10-11,16-18H,5-8H2,1-2H3. The van der Waals surface area contributed by atoms with Crippen molar-refractivity contribution in [3.8, 4) is 11.5 Å². The maximum atomic E-state index is 9.73. The molecule has 0 amide bonds. The van der Waals surface area contributed by atoms with Gasteiger partial charge in [0.25, 0.3) is 0 Å². The smallest absolute Gasteiger partial charge is 0.179 e. The van der Waals surface area contributed by atoms with Crippen LogP contribution in [0.5, 0.6) is 11.5 Å². The molecule has 112 valence electrons. The average Bonchev–Trinajstić information content (AvgIpc) is 2.86. The third kappa shape index (κ3) is 3.35. The van der Waals surface area contributed by atoms with E-state index >= 15 is 0 Å². The monoisotopic (exact) mass is 300 g/mol. The van der Waals surface area contributed by atoms with Crippen molar-refractivity contribution in [2.45, 2.75) is 12.6 Å². The lowest BCUT2D eigenvalue weighted by Crippen LogP contribution is -2.30. The molecule has 1 saturated heterocycles. The zero-order chi connectivity index (χ0) is 14.5. The van der Waals surface area contributed by atoms with E-state index in [-0.39, 0.29) is 12.0 Å². The normalized spacial score (nSPS) is 22.0. The van der Waals surface area contributed by atoms with E-state index in [0.29, 0.717) is 29.6 Å². The zero-order valence-electron chi connectivity index (χ0n) is 11.8. The van der Waals surface area contributed by atoms with Crippen LogP contribution in [0, 0.1) is 5.92 Å². The molecule has 0 saturated carbocycles. The molecule has 0 aliphatic carbocycles. The molecule has 1 heterocycles. The number of ether oxygens (including phenoxy) is 2. The van der Waals surface area contributed by atoms with Crippen molar-refractivity contribution < 1.29 is 14.6 Å². The maximum Gasteiger partial charge on any atom is 0.179 e. The van der Waals surface area contributed by atoms with Gasteiger partial charge in [-0.15, -0.1) is 0 Å². The largest absolute Gasteiger partial charge is 0.493 e. The molecule has 0 aromatic heterocycles. The Hall–Kier alpha value is -1.01. The van der Waals surface area contributed by atoms with Gasteiger partial charge in [0.1, 0.15) is 0 Å². The summed E-state index contributed by atoms with van der Waals surface area (Å²) in [4.78, 5) is 0. The molecule has 6 heteroatoms. The first-order valence-corrected chi connectivity index (χ1v) is 7.04. The molecule has 3 N–H and O–H groups in total. The van der Waals surface area contributed by atoms with Crippen LogP contribution in [0.4, 0.5) is 0 Å². The van der Waals surface area contributed by atoms with E-state index in [0.717, 1.165) is 18.7 Å². The molecular formula is C14H21ClN2O3. The second-order valence-corrected chi connectivity index (χ2v) is 5.27. The number of β-amino-alcohol motifs (C(OH)–C–C–N with tert-alkyl or cyclic N) is 1. The van der Waals surface area contributed by atoms with Gasteiger partial charge in [-0.25, -0.2) is 0 Å². The third-order valence-corrected chi connectivity index (χ3v) is 4.01. The summed E-state index contributed by atoms with van der Waals surface area (Å²) in [6, 6.07) is 3.76. The van der Waals surface area contributed by atoms with E-state index < -0.39 is 0 Å².